The van der Waals surface area contributed by atoms with Gasteiger partial charge in [0.15, 0.2) is 0 Å². The maximum atomic E-state index is 6.03. The first-order valence-electron chi connectivity index (χ1n) is 5.07. The van der Waals surface area contributed by atoms with Crippen LogP contribution in [0.1, 0.15) is 29.5 Å². The Morgan fingerprint density at radius 2 is 2.12 bits per heavy atom. The van der Waals surface area contributed by atoms with E-state index < -0.39 is 0 Å². The lowest BCUT2D eigenvalue weighted by atomic mass is 10.4. The molecule has 0 aliphatic heterocycles. The third-order valence-corrected chi connectivity index (χ3v) is 4.12. The lowest BCUT2D eigenvalue weighted by molar-refractivity contribution is 0.735. The molecule has 0 unspecified atom stereocenters. The minimum absolute atomic E-state index is 0.464. The van der Waals surface area contributed by atoms with Gasteiger partial charge in [-0.25, -0.2) is 0 Å². The summed E-state index contributed by atoms with van der Waals surface area (Å²) in [6, 6.07) is 3.91. The fraction of sp³-hybridized carbons (Fsp3) is 0.400. The van der Waals surface area contributed by atoms with Crippen molar-refractivity contribution in [3.05, 3.63) is 32.5 Å². The van der Waals surface area contributed by atoms with Crippen LogP contribution in [0.5, 0.6) is 0 Å². The molecule has 0 N–H and O–H groups in total. The predicted octanol–water partition coefficient (Wildman–Crippen LogP) is 3.57. The molecule has 84 valence electrons. The molecular weight excluding hydrogens is 265 g/mol. The van der Waals surface area contributed by atoms with E-state index >= 15 is 0 Å². The number of aromatic nitrogens is 3. The Kier molecular flexibility index (Phi) is 2.65. The van der Waals surface area contributed by atoms with Crippen molar-refractivity contribution < 1.29 is 0 Å². The van der Waals surface area contributed by atoms with E-state index in [-0.39, 0.29) is 0 Å². The largest absolute Gasteiger partial charge is 0.296 e. The van der Waals surface area contributed by atoms with Crippen LogP contribution in [-0.4, -0.2) is 14.8 Å². The molecule has 0 radical (unpaired) electrons. The molecule has 2 heterocycles. The molecule has 6 heteroatoms. The predicted molar refractivity (Wildman–Crippen MR) is 65.4 cm³/mol. The molecule has 0 aromatic carbocycles. The van der Waals surface area contributed by atoms with Gasteiger partial charge in [-0.3, -0.25) is 4.57 Å². The van der Waals surface area contributed by atoms with E-state index in [0.29, 0.717) is 11.2 Å². The second-order valence-corrected chi connectivity index (χ2v) is 6.03. The molecule has 1 aliphatic carbocycles. The van der Waals surface area contributed by atoms with Crippen molar-refractivity contribution in [2.75, 3.05) is 0 Å². The lowest BCUT2D eigenvalue weighted by Crippen LogP contribution is -2.03. The zero-order valence-electron chi connectivity index (χ0n) is 8.36. The van der Waals surface area contributed by atoms with Crippen molar-refractivity contribution >= 4 is 34.5 Å². The van der Waals surface area contributed by atoms with Gasteiger partial charge in [0, 0.05) is 10.8 Å². The van der Waals surface area contributed by atoms with E-state index in [9.17, 15) is 0 Å². The molecule has 3 nitrogen and oxygen atoms in total. The summed E-state index contributed by atoms with van der Waals surface area (Å²) in [7, 11) is 0. The zero-order chi connectivity index (χ0) is 11.1. The number of nitrogens with zero attached hydrogens (tertiary/aromatic N) is 3. The van der Waals surface area contributed by atoms with Crippen molar-refractivity contribution in [3.63, 3.8) is 0 Å². The molecule has 1 aliphatic rings. The average Bonchev–Trinajstić information content (AvgIpc) is 2.93. The Morgan fingerprint density at radius 1 is 1.31 bits per heavy atom. The highest BCUT2D eigenvalue weighted by molar-refractivity contribution is 7.16. The fourth-order valence-corrected chi connectivity index (χ4v) is 2.94. The van der Waals surface area contributed by atoms with Gasteiger partial charge in [-0.1, -0.05) is 11.6 Å². The molecule has 3 rings (SSSR count). The second-order valence-electron chi connectivity index (χ2n) is 3.89. The minimum Gasteiger partial charge on any atom is -0.296 e. The first kappa shape index (κ1) is 10.6. The highest BCUT2D eigenvalue weighted by atomic mass is 35.5. The van der Waals surface area contributed by atoms with Gasteiger partial charge >= 0.3 is 0 Å². The van der Waals surface area contributed by atoms with Crippen LogP contribution in [0.15, 0.2) is 12.1 Å². The summed E-state index contributed by atoms with van der Waals surface area (Å²) in [5.41, 5.74) is 0. The van der Waals surface area contributed by atoms with Crippen molar-refractivity contribution in [3.8, 4) is 0 Å². The second kappa shape index (κ2) is 4.02. The van der Waals surface area contributed by atoms with E-state index in [1.165, 1.54) is 17.7 Å². The lowest BCUT2D eigenvalue weighted by Gasteiger charge is -2.04. The van der Waals surface area contributed by atoms with Crippen LogP contribution in [0, 0.1) is 0 Å². The topological polar surface area (TPSA) is 30.7 Å². The average molecular weight is 274 g/mol. The minimum atomic E-state index is 0.464. The summed E-state index contributed by atoms with van der Waals surface area (Å²) in [5, 5.41) is 8.53. The Balaban J connectivity index is 1.90. The molecule has 16 heavy (non-hydrogen) atoms. The van der Waals surface area contributed by atoms with Crippen LogP contribution >= 0.6 is 34.5 Å². The van der Waals surface area contributed by atoms with Gasteiger partial charge in [0.1, 0.15) is 5.82 Å². The molecule has 0 amide bonds. The molecule has 0 spiro atoms. The monoisotopic (exact) mass is 273 g/mol. The Hall–Kier alpha value is -0.580. The number of halogens is 2. The van der Waals surface area contributed by atoms with Crippen molar-refractivity contribution in [1.29, 1.82) is 0 Å². The number of thiophene rings is 1. The van der Waals surface area contributed by atoms with Crippen LogP contribution in [0.4, 0.5) is 0 Å². The maximum absolute atomic E-state index is 6.03. The van der Waals surface area contributed by atoms with E-state index in [1.54, 1.807) is 11.3 Å². The summed E-state index contributed by atoms with van der Waals surface area (Å²) in [6.45, 7) is 0.717. The van der Waals surface area contributed by atoms with Crippen molar-refractivity contribution in [2.24, 2.45) is 0 Å². The summed E-state index contributed by atoms with van der Waals surface area (Å²) in [4.78, 5) is 1.17. The number of hydrogen-bond donors (Lipinski definition) is 0. The van der Waals surface area contributed by atoms with Gasteiger partial charge in [0.2, 0.25) is 5.28 Å². The normalized spacial score (nSPS) is 15.6. The molecule has 2 aromatic rings. The van der Waals surface area contributed by atoms with Gasteiger partial charge < -0.3 is 0 Å². The van der Waals surface area contributed by atoms with Crippen molar-refractivity contribution in [1.82, 2.24) is 14.8 Å². The Morgan fingerprint density at radius 3 is 2.75 bits per heavy atom. The number of hydrogen-bond acceptors (Lipinski definition) is 3. The quantitative estimate of drug-likeness (QED) is 0.856. The van der Waals surface area contributed by atoms with Gasteiger partial charge in [-0.15, -0.1) is 21.5 Å². The standard InChI is InChI=1S/C10H9Cl2N3S/c11-8-4-3-7(16-8)5-15-9(6-1-2-6)13-14-10(15)12/h3-4,6H,1-2,5H2. The third-order valence-electron chi connectivity index (χ3n) is 2.62. The molecule has 2 aromatic heterocycles. The van der Waals surface area contributed by atoms with E-state index in [0.717, 1.165) is 16.7 Å². The third kappa shape index (κ3) is 1.97. The van der Waals surface area contributed by atoms with Crippen LogP contribution in [0.3, 0.4) is 0 Å². The molecule has 0 bridgehead atoms. The smallest absolute Gasteiger partial charge is 0.225 e. The van der Waals surface area contributed by atoms with Gasteiger partial charge in [-0.05, 0) is 36.6 Å². The molecule has 0 saturated heterocycles. The van der Waals surface area contributed by atoms with Gasteiger partial charge in [0.05, 0.1) is 10.9 Å². The molecular formula is C10H9Cl2N3S. The van der Waals surface area contributed by atoms with Crippen molar-refractivity contribution in [2.45, 2.75) is 25.3 Å². The van der Waals surface area contributed by atoms with E-state index in [2.05, 4.69) is 10.2 Å². The Labute approximate surface area is 107 Å². The summed E-state index contributed by atoms with van der Waals surface area (Å²) >= 11 is 13.5. The molecule has 1 saturated carbocycles. The first-order valence-corrected chi connectivity index (χ1v) is 6.64. The van der Waals surface area contributed by atoms with Gasteiger partial charge in [-0.2, -0.15) is 0 Å². The maximum Gasteiger partial charge on any atom is 0.225 e. The number of rotatable bonds is 3. The molecule has 1 fully saturated rings. The zero-order valence-corrected chi connectivity index (χ0v) is 10.7. The summed E-state index contributed by atoms with van der Waals surface area (Å²) in [6.07, 6.45) is 2.39. The van der Waals surface area contributed by atoms with E-state index in [1.807, 2.05) is 16.7 Å². The fourth-order valence-electron chi connectivity index (χ4n) is 1.68. The SMILES string of the molecule is Clc1ccc(Cn2c(Cl)nnc2C2CC2)s1. The first-order chi connectivity index (χ1) is 7.74. The van der Waals surface area contributed by atoms with E-state index in [4.69, 9.17) is 23.2 Å². The van der Waals surface area contributed by atoms with Crippen LogP contribution in [0.25, 0.3) is 0 Å². The summed E-state index contributed by atoms with van der Waals surface area (Å²) in [5.74, 6) is 1.56. The van der Waals surface area contributed by atoms with Gasteiger partial charge in [0.25, 0.3) is 0 Å². The Bertz CT molecular complexity index is 516. The van der Waals surface area contributed by atoms with Crippen LogP contribution in [0.2, 0.25) is 9.62 Å². The highest BCUT2D eigenvalue weighted by Crippen LogP contribution is 2.40. The molecule has 0 atom stereocenters. The van der Waals surface area contributed by atoms with Crippen LogP contribution in [-0.2, 0) is 6.54 Å². The highest BCUT2D eigenvalue weighted by Gasteiger charge is 2.30. The summed E-state index contributed by atoms with van der Waals surface area (Å²) < 4.78 is 2.77. The van der Waals surface area contributed by atoms with Crippen LogP contribution < -0.4 is 0 Å².